The Bertz CT molecular complexity index is 1140. The summed E-state index contributed by atoms with van der Waals surface area (Å²) in [4.78, 5) is 17.3. The van der Waals surface area contributed by atoms with Crippen molar-refractivity contribution < 1.29 is 17.9 Å². The Morgan fingerprint density at radius 3 is 2.47 bits per heavy atom. The third-order valence-electron chi connectivity index (χ3n) is 6.48. The van der Waals surface area contributed by atoms with Crippen LogP contribution in [-0.4, -0.2) is 69.9 Å². The van der Waals surface area contributed by atoms with Crippen LogP contribution in [0.4, 0.5) is 5.69 Å². The number of hydrogen-bond acceptors (Lipinski definition) is 5. The van der Waals surface area contributed by atoms with Gasteiger partial charge in [0, 0.05) is 39.3 Å². The van der Waals surface area contributed by atoms with Crippen LogP contribution in [0.2, 0.25) is 10.0 Å². The van der Waals surface area contributed by atoms with Gasteiger partial charge in [-0.1, -0.05) is 41.4 Å². The Balaban J connectivity index is 1.36. The van der Waals surface area contributed by atoms with Gasteiger partial charge < -0.3 is 14.5 Å². The fourth-order valence-corrected chi connectivity index (χ4v) is 6.56. The van der Waals surface area contributed by atoms with E-state index in [2.05, 4.69) is 4.90 Å². The third-order valence-corrected chi connectivity index (χ3v) is 9.03. The highest BCUT2D eigenvalue weighted by molar-refractivity contribution is 7.88. The number of sulfonamides is 1. The van der Waals surface area contributed by atoms with Crippen molar-refractivity contribution in [2.45, 2.75) is 18.6 Å². The highest BCUT2D eigenvalue weighted by Crippen LogP contribution is 2.30. The van der Waals surface area contributed by atoms with Crippen molar-refractivity contribution in [3.63, 3.8) is 0 Å². The lowest BCUT2D eigenvalue weighted by atomic mass is 9.97. The number of halogens is 2. The van der Waals surface area contributed by atoms with Gasteiger partial charge in [-0.25, -0.2) is 12.7 Å². The topological polar surface area (TPSA) is 70.2 Å². The number of piperidine rings is 1. The third kappa shape index (κ3) is 5.62. The first-order valence-corrected chi connectivity index (χ1v) is 13.7. The van der Waals surface area contributed by atoms with Gasteiger partial charge in [-0.05, 0) is 42.7 Å². The van der Waals surface area contributed by atoms with E-state index in [0.29, 0.717) is 61.2 Å². The second-order valence-electron chi connectivity index (χ2n) is 8.69. The summed E-state index contributed by atoms with van der Waals surface area (Å²) in [6.45, 7) is 3.26. The number of piperazine rings is 1. The zero-order valence-electron chi connectivity index (χ0n) is 19.1. The van der Waals surface area contributed by atoms with E-state index in [0.717, 1.165) is 11.4 Å². The van der Waals surface area contributed by atoms with Crippen molar-refractivity contribution in [1.82, 2.24) is 9.21 Å². The molecule has 0 radical (unpaired) electrons. The smallest absolute Gasteiger partial charge is 0.227 e. The van der Waals surface area contributed by atoms with E-state index in [-0.39, 0.29) is 24.1 Å². The average molecular weight is 526 g/mol. The van der Waals surface area contributed by atoms with Crippen LogP contribution in [0, 0.1) is 5.92 Å². The monoisotopic (exact) mass is 525 g/mol. The van der Waals surface area contributed by atoms with Crippen LogP contribution < -0.4 is 9.64 Å². The van der Waals surface area contributed by atoms with E-state index >= 15 is 0 Å². The zero-order chi connectivity index (χ0) is 24.3. The quantitative estimate of drug-likeness (QED) is 0.572. The van der Waals surface area contributed by atoms with Gasteiger partial charge >= 0.3 is 0 Å². The molecule has 10 heteroatoms. The molecule has 34 heavy (non-hydrogen) atoms. The summed E-state index contributed by atoms with van der Waals surface area (Å²) in [5, 5.41) is 0.714. The maximum atomic E-state index is 13.3. The van der Waals surface area contributed by atoms with E-state index in [1.54, 1.807) is 25.3 Å². The lowest BCUT2D eigenvalue weighted by molar-refractivity contribution is -0.137. The Kier molecular flexibility index (Phi) is 7.92. The number of ether oxygens (including phenoxy) is 1. The fraction of sp³-hybridized carbons (Fsp3) is 0.458. The molecule has 0 N–H and O–H groups in total. The summed E-state index contributed by atoms with van der Waals surface area (Å²) >= 11 is 12.0. The number of carbonyl (C=O) groups excluding carboxylic acids is 1. The normalized spacial score (nSPS) is 19.8. The minimum atomic E-state index is -3.58. The van der Waals surface area contributed by atoms with E-state index in [1.807, 2.05) is 29.2 Å². The molecule has 2 saturated heterocycles. The molecule has 0 unspecified atom stereocenters. The van der Waals surface area contributed by atoms with Crippen LogP contribution in [0.15, 0.2) is 42.5 Å². The van der Waals surface area contributed by atoms with Gasteiger partial charge in [-0.3, -0.25) is 4.79 Å². The maximum absolute atomic E-state index is 13.3. The molecule has 0 saturated carbocycles. The number of anilines is 1. The minimum Gasteiger partial charge on any atom is -0.495 e. The van der Waals surface area contributed by atoms with Gasteiger partial charge in [-0.15, -0.1) is 0 Å². The predicted molar refractivity (Wildman–Crippen MR) is 135 cm³/mol. The molecule has 0 aromatic heterocycles. The van der Waals surface area contributed by atoms with Crippen LogP contribution >= 0.6 is 23.2 Å². The van der Waals surface area contributed by atoms with E-state index < -0.39 is 10.0 Å². The molecule has 2 aliphatic heterocycles. The van der Waals surface area contributed by atoms with E-state index in [1.165, 1.54) is 4.31 Å². The Morgan fingerprint density at radius 2 is 1.76 bits per heavy atom. The van der Waals surface area contributed by atoms with Gasteiger partial charge in [0.2, 0.25) is 15.9 Å². The summed E-state index contributed by atoms with van der Waals surface area (Å²) in [6, 6.07) is 12.7. The number of methoxy groups -OCH3 is 1. The minimum absolute atomic E-state index is 0.0362. The molecule has 2 aliphatic rings. The lowest BCUT2D eigenvalue weighted by Crippen LogP contribution is -2.53. The van der Waals surface area contributed by atoms with E-state index in [9.17, 15) is 13.2 Å². The molecule has 1 atom stereocenters. The summed E-state index contributed by atoms with van der Waals surface area (Å²) in [6.07, 6.45) is 1.36. The molecular formula is C24H29Cl2N3O4S. The Labute approximate surface area is 211 Å². The van der Waals surface area contributed by atoms with Crippen molar-refractivity contribution >= 4 is 44.8 Å². The Hall–Kier alpha value is -2.00. The predicted octanol–water partition coefficient (Wildman–Crippen LogP) is 3.89. The summed E-state index contributed by atoms with van der Waals surface area (Å²) in [5.74, 6) is 0.365. The van der Waals surface area contributed by atoms with Gasteiger partial charge in [-0.2, -0.15) is 0 Å². The maximum Gasteiger partial charge on any atom is 0.227 e. The molecule has 2 fully saturated rings. The molecule has 184 valence electrons. The number of para-hydroxylation sites is 2. The Morgan fingerprint density at radius 1 is 1.03 bits per heavy atom. The molecule has 0 aliphatic carbocycles. The van der Waals surface area contributed by atoms with Crippen LogP contribution in [0.1, 0.15) is 18.4 Å². The molecule has 2 heterocycles. The first kappa shape index (κ1) is 25.1. The van der Waals surface area contributed by atoms with Crippen molar-refractivity contribution in [1.29, 1.82) is 0 Å². The van der Waals surface area contributed by atoms with Gasteiger partial charge in [0.1, 0.15) is 5.75 Å². The van der Waals surface area contributed by atoms with Crippen molar-refractivity contribution in [2.75, 3.05) is 51.3 Å². The molecular weight excluding hydrogens is 497 g/mol. The molecule has 4 rings (SSSR count). The summed E-state index contributed by atoms with van der Waals surface area (Å²) < 4.78 is 33.0. The van der Waals surface area contributed by atoms with Gasteiger partial charge in [0.25, 0.3) is 0 Å². The SMILES string of the molecule is COc1ccccc1N1CCN(C(=O)[C@@H]2CCCN(S(=O)(=O)Cc3ccc(Cl)c(Cl)c3)C2)CC1. The lowest BCUT2D eigenvalue weighted by Gasteiger charge is -2.39. The fourth-order valence-electron chi connectivity index (χ4n) is 4.64. The second kappa shape index (κ2) is 10.7. The highest BCUT2D eigenvalue weighted by Gasteiger charge is 2.35. The molecule has 0 spiro atoms. The van der Waals surface area contributed by atoms with Crippen molar-refractivity contribution in [3.05, 3.63) is 58.1 Å². The standard InChI is InChI=1S/C24H29Cl2N3O4S/c1-33-23-7-3-2-6-22(23)27-11-13-28(14-12-27)24(30)19-5-4-10-29(16-19)34(31,32)17-18-8-9-20(25)21(26)15-18/h2-3,6-9,15,19H,4-5,10-14,16-17H2,1H3/t19-/m1/s1. The van der Waals surface area contributed by atoms with Crippen LogP contribution in [0.3, 0.4) is 0 Å². The van der Waals surface area contributed by atoms with Crippen LogP contribution in [0.25, 0.3) is 0 Å². The summed E-state index contributed by atoms with van der Waals surface area (Å²) in [5.41, 5.74) is 1.60. The van der Waals surface area contributed by atoms with Gasteiger partial charge in [0.15, 0.2) is 0 Å². The molecule has 1 amide bonds. The molecule has 2 aromatic carbocycles. The summed E-state index contributed by atoms with van der Waals surface area (Å²) in [7, 11) is -1.92. The largest absolute Gasteiger partial charge is 0.495 e. The molecule has 2 aromatic rings. The number of benzene rings is 2. The number of amides is 1. The first-order chi connectivity index (χ1) is 16.3. The molecule has 0 bridgehead atoms. The zero-order valence-corrected chi connectivity index (χ0v) is 21.4. The molecule has 7 nitrogen and oxygen atoms in total. The average Bonchev–Trinajstić information content (AvgIpc) is 2.86. The number of carbonyl (C=O) groups is 1. The number of hydrogen-bond donors (Lipinski definition) is 0. The number of rotatable bonds is 6. The van der Waals surface area contributed by atoms with Crippen LogP contribution in [0.5, 0.6) is 5.75 Å². The van der Waals surface area contributed by atoms with Crippen molar-refractivity contribution in [3.8, 4) is 5.75 Å². The highest BCUT2D eigenvalue weighted by atomic mass is 35.5. The number of nitrogens with zero attached hydrogens (tertiary/aromatic N) is 3. The second-order valence-corrected chi connectivity index (χ2v) is 11.5. The van der Waals surface area contributed by atoms with Crippen molar-refractivity contribution in [2.24, 2.45) is 5.92 Å². The first-order valence-electron chi connectivity index (χ1n) is 11.4. The van der Waals surface area contributed by atoms with Crippen LogP contribution in [-0.2, 0) is 20.6 Å². The van der Waals surface area contributed by atoms with Gasteiger partial charge in [0.05, 0.1) is 34.5 Å². The van der Waals surface area contributed by atoms with E-state index in [4.69, 9.17) is 27.9 Å².